The largest absolute Gasteiger partial charge is 0.493 e. The molecule has 3 unspecified atom stereocenters. The van der Waals surface area contributed by atoms with Crippen LogP contribution in [0.3, 0.4) is 0 Å². The van der Waals surface area contributed by atoms with Crippen LogP contribution < -0.4 is 28.4 Å². The van der Waals surface area contributed by atoms with Crippen molar-refractivity contribution in [2.75, 3.05) is 42.7 Å². The summed E-state index contributed by atoms with van der Waals surface area (Å²) in [6, 6.07) is 13.9. The van der Waals surface area contributed by atoms with Crippen LogP contribution in [0.5, 0.6) is 34.5 Å². The number of hydrogen-bond donors (Lipinski definition) is 0. The molecular weight excluding hydrogens is 588 g/mol. The number of carbonyl (C=O) groups is 3. The summed E-state index contributed by atoms with van der Waals surface area (Å²) in [6.07, 6.45) is -1.70. The van der Waals surface area contributed by atoms with Crippen LogP contribution in [0.25, 0.3) is 0 Å². The van der Waals surface area contributed by atoms with Gasteiger partial charge in [0.15, 0.2) is 34.5 Å². The minimum atomic E-state index is -0.938. The van der Waals surface area contributed by atoms with Gasteiger partial charge in [0.1, 0.15) is 18.3 Å². The van der Waals surface area contributed by atoms with Crippen LogP contribution in [-0.2, 0) is 14.2 Å². The Morgan fingerprint density at radius 2 is 0.822 bits per heavy atom. The predicted octanol–water partition coefficient (Wildman–Crippen LogP) is 4.90. The number of hydrogen-bond acceptors (Lipinski definition) is 12. The highest BCUT2D eigenvalue weighted by molar-refractivity contribution is 5.92. The van der Waals surface area contributed by atoms with Crippen molar-refractivity contribution in [2.24, 2.45) is 0 Å². The Kier molecular flexibility index (Phi) is 11.0. The van der Waals surface area contributed by atoms with Crippen molar-refractivity contribution in [3.8, 4) is 34.5 Å². The molecule has 0 aromatic heterocycles. The van der Waals surface area contributed by atoms with Crippen LogP contribution in [0, 0.1) is 0 Å². The van der Waals surface area contributed by atoms with Gasteiger partial charge in [0, 0.05) is 6.42 Å². The zero-order valence-electron chi connectivity index (χ0n) is 25.9. The molecule has 0 saturated heterocycles. The second-order valence-corrected chi connectivity index (χ2v) is 9.94. The molecule has 1 fully saturated rings. The molecule has 3 aromatic rings. The van der Waals surface area contributed by atoms with Crippen LogP contribution in [0.2, 0.25) is 0 Å². The van der Waals surface area contributed by atoms with Crippen molar-refractivity contribution >= 4 is 17.9 Å². The molecule has 1 saturated carbocycles. The van der Waals surface area contributed by atoms with Gasteiger partial charge in [-0.1, -0.05) is 0 Å². The Labute approximate surface area is 261 Å². The molecule has 0 radical (unpaired) electrons. The molecule has 0 N–H and O–H groups in total. The van der Waals surface area contributed by atoms with E-state index in [1.807, 2.05) is 0 Å². The Hall–Kier alpha value is -5.13. The van der Waals surface area contributed by atoms with Gasteiger partial charge in [-0.15, -0.1) is 0 Å². The predicted molar refractivity (Wildman–Crippen MR) is 160 cm³/mol. The monoisotopic (exact) mass is 624 g/mol. The van der Waals surface area contributed by atoms with E-state index in [2.05, 4.69) is 0 Å². The summed E-state index contributed by atoms with van der Waals surface area (Å²) < 4.78 is 49.2. The maximum Gasteiger partial charge on any atom is 0.338 e. The summed E-state index contributed by atoms with van der Waals surface area (Å²) in [5.41, 5.74) is 0.676. The van der Waals surface area contributed by atoms with Crippen molar-refractivity contribution in [1.29, 1.82) is 0 Å². The van der Waals surface area contributed by atoms with E-state index in [0.29, 0.717) is 40.9 Å². The summed E-state index contributed by atoms with van der Waals surface area (Å²) in [6.45, 7) is 0. The normalized spacial score (nSPS) is 17.3. The molecule has 1 aliphatic carbocycles. The highest BCUT2D eigenvalue weighted by Crippen LogP contribution is 2.33. The first-order valence-corrected chi connectivity index (χ1v) is 14.0. The average Bonchev–Trinajstić information content (AvgIpc) is 3.07. The molecule has 0 heterocycles. The number of rotatable bonds is 12. The van der Waals surface area contributed by atoms with Gasteiger partial charge in [-0.3, -0.25) is 0 Å². The van der Waals surface area contributed by atoms with E-state index in [-0.39, 0.29) is 29.5 Å². The second-order valence-electron chi connectivity index (χ2n) is 9.94. The first kappa shape index (κ1) is 32.8. The van der Waals surface area contributed by atoms with Gasteiger partial charge in [0.2, 0.25) is 0 Å². The Balaban J connectivity index is 1.54. The van der Waals surface area contributed by atoms with Crippen LogP contribution in [0.1, 0.15) is 50.3 Å². The van der Waals surface area contributed by atoms with Gasteiger partial charge in [-0.25, -0.2) is 14.4 Å². The van der Waals surface area contributed by atoms with Gasteiger partial charge in [-0.05, 0) is 67.4 Å². The van der Waals surface area contributed by atoms with Gasteiger partial charge in [-0.2, -0.15) is 0 Å². The maximum absolute atomic E-state index is 13.3. The molecular formula is C33H36O12. The lowest BCUT2D eigenvalue weighted by molar-refractivity contribution is -0.0788. The molecule has 3 aromatic carbocycles. The van der Waals surface area contributed by atoms with Crippen molar-refractivity contribution in [3.63, 3.8) is 0 Å². The minimum absolute atomic E-state index is 0.0853. The van der Waals surface area contributed by atoms with Crippen molar-refractivity contribution in [3.05, 3.63) is 71.3 Å². The minimum Gasteiger partial charge on any atom is -0.493 e. The van der Waals surface area contributed by atoms with Gasteiger partial charge >= 0.3 is 17.9 Å². The maximum atomic E-state index is 13.3. The summed E-state index contributed by atoms with van der Waals surface area (Å²) in [5, 5.41) is 0. The van der Waals surface area contributed by atoms with Crippen LogP contribution in [0.15, 0.2) is 54.6 Å². The van der Waals surface area contributed by atoms with Gasteiger partial charge in [0.25, 0.3) is 0 Å². The topological polar surface area (TPSA) is 134 Å². The van der Waals surface area contributed by atoms with E-state index >= 15 is 0 Å². The third-order valence-corrected chi connectivity index (χ3v) is 7.33. The third-order valence-electron chi connectivity index (χ3n) is 7.33. The quantitative estimate of drug-likeness (QED) is 0.200. The van der Waals surface area contributed by atoms with E-state index in [1.54, 1.807) is 30.3 Å². The Bertz CT molecular complexity index is 1520. The second kappa shape index (κ2) is 15.0. The molecule has 0 amide bonds. The summed E-state index contributed by atoms with van der Waals surface area (Å²) in [4.78, 5) is 39.5. The molecule has 0 spiro atoms. The van der Waals surface area contributed by atoms with Gasteiger partial charge in [0.05, 0.1) is 59.3 Å². The zero-order chi connectivity index (χ0) is 32.5. The molecule has 45 heavy (non-hydrogen) atoms. The number of esters is 3. The lowest BCUT2D eigenvalue weighted by Gasteiger charge is -2.34. The van der Waals surface area contributed by atoms with E-state index in [9.17, 15) is 14.4 Å². The van der Waals surface area contributed by atoms with E-state index in [4.69, 9.17) is 42.6 Å². The van der Waals surface area contributed by atoms with Crippen LogP contribution in [0.4, 0.5) is 0 Å². The fraction of sp³-hybridized carbons (Fsp3) is 0.364. The standard InChI is InChI=1S/C33H36O12/c1-37-23-11-7-19(15-27(23)40-4)31(34)43-22-10-14-26(44-32(35)20-8-12-24(38-2)28(16-20)41-5)30(18-22)45-33(36)21-9-13-25(39-3)29(17-21)42-6/h7-9,11-13,15-17,22,26,30H,10,14,18H2,1-6H3. The molecule has 0 aliphatic heterocycles. The zero-order valence-corrected chi connectivity index (χ0v) is 25.9. The van der Waals surface area contributed by atoms with E-state index in [1.165, 1.54) is 66.9 Å². The van der Waals surface area contributed by atoms with Crippen LogP contribution >= 0.6 is 0 Å². The van der Waals surface area contributed by atoms with Crippen molar-refractivity contribution in [2.45, 2.75) is 37.6 Å². The smallest absolute Gasteiger partial charge is 0.338 e. The first-order valence-electron chi connectivity index (χ1n) is 14.0. The molecule has 240 valence electrons. The lowest BCUT2D eigenvalue weighted by Crippen LogP contribution is -2.43. The highest BCUT2D eigenvalue weighted by Gasteiger charge is 2.38. The van der Waals surface area contributed by atoms with Gasteiger partial charge < -0.3 is 42.6 Å². The fourth-order valence-electron chi connectivity index (χ4n) is 4.95. The number of carbonyl (C=O) groups excluding carboxylic acids is 3. The summed E-state index contributed by atoms with van der Waals surface area (Å²) >= 11 is 0. The average molecular weight is 625 g/mol. The fourth-order valence-corrected chi connectivity index (χ4v) is 4.95. The molecule has 4 rings (SSSR count). The van der Waals surface area contributed by atoms with E-state index in [0.717, 1.165) is 0 Å². The highest BCUT2D eigenvalue weighted by atomic mass is 16.6. The first-order chi connectivity index (χ1) is 21.7. The molecule has 12 nitrogen and oxygen atoms in total. The molecule has 0 bridgehead atoms. The molecule has 3 atom stereocenters. The number of benzene rings is 3. The number of ether oxygens (including phenoxy) is 9. The SMILES string of the molecule is COc1ccc(C(=O)OC2CCC(OC(=O)c3ccc(OC)c(OC)c3)C(OC(=O)c3ccc(OC)c(OC)c3)C2)cc1OC. The lowest BCUT2D eigenvalue weighted by atomic mass is 9.91. The van der Waals surface area contributed by atoms with Crippen molar-refractivity contribution < 1.29 is 57.0 Å². The van der Waals surface area contributed by atoms with Crippen LogP contribution in [-0.4, -0.2) is 78.9 Å². The third kappa shape index (κ3) is 7.69. The summed E-state index contributed by atoms with van der Waals surface area (Å²) in [5.74, 6) is 0.513. The van der Waals surface area contributed by atoms with E-state index < -0.39 is 36.2 Å². The Morgan fingerprint density at radius 3 is 1.20 bits per heavy atom. The van der Waals surface area contributed by atoms with Crippen molar-refractivity contribution in [1.82, 2.24) is 0 Å². The Morgan fingerprint density at radius 1 is 0.467 bits per heavy atom. The molecule has 12 heteroatoms. The number of methoxy groups -OCH3 is 6. The summed E-state index contributed by atoms with van der Waals surface area (Å²) in [7, 11) is 8.85. The molecule has 1 aliphatic rings.